The van der Waals surface area contributed by atoms with Gasteiger partial charge in [-0.05, 0) is 18.6 Å². The highest BCUT2D eigenvalue weighted by Crippen LogP contribution is 2.03. The van der Waals surface area contributed by atoms with Crippen molar-refractivity contribution in [1.82, 2.24) is 0 Å². The molecule has 0 aliphatic heterocycles. The lowest BCUT2D eigenvalue weighted by atomic mass is 10.2. The second-order valence-corrected chi connectivity index (χ2v) is 3.18. The number of rotatable bonds is 4. The number of ether oxygens (including phenoxy) is 1. The molecule has 0 spiro atoms. The van der Waals surface area contributed by atoms with E-state index in [4.69, 9.17) is 10.00 Å². The van der Waals surface area contributed by atoms with Crippen molar-refractivity contribution >= 4 is 12.0 Å². The highest BCUT2D eigenvalue weighted by molar-refractivity contribution is 5.93. The summed E-state index contributed by atoms with van der Waals surface area (Å²) in [6, 6.07) is 11.4. The van der Waals surface area contributed by atoms with Gasteiger partial charge in [0.1, 0.15) is 11.6 Å². The Morgan fingerprint density at radius 3 is 2.71 bits per heavy atom. The summed E-state index contributed by atoms with van der Waals surface area (Å²) in [4.78, 5) is 11.3. The highest BCUT2D eigenvalue weighted by atomic mass is 16.5. The third-order valence-corrected chi connectivity index (χ3v) is 1.97. The maximum Gasteiger partial charge on any atom is 0.348 e. The Labute approximate surface area is 101 Å². The molecule has 1 aromatic rings. The Balaban J connectivity index is 2.72. The van der Waals surface area contributed by atoms with E-state index in [0.717, 1.165) is 5.56 Å². The van der Waals surface area contributed by atoms with Crippen LogP contribution in [0.5, 0.6) is 0 Å². The first-order valence-corrected chi connectivity index (χ1v) is 5.28. The van der Waals surface area contributed by atoms with Crippen LogP contribution in [0.1, 0.15) is 12.5 Å². The SMILES string of the molecule is CCOC(=O)/C(C#N)=C\C=C/c1ccccc1. The molecule has 0 saturated carbocycles. The summed E-state index contributed by atoms with van der Waals surface area (Å²) in [5, 5.41) is 8.77. The average molecular weight is 227 g/mol. The minimum absolute atomic E-state index is 0.000897. The van der Waals surface area contributed by atoms with E-state index in [1.165, 1.54) is 6.08 Å². The van der Waals surface area contributed by atoms with Crippen molar-refractivity contribution in [2.75, 3.05) is 6.61 Å². The molecule has 0 aliphatic carbocycles. The van der Waals surface area contributed by atoms with E-state index in [2.05, 4.69) is 0 Å². The minimum Gasteiger partial charge on any atom is -0.462 e. The van der Waals surface area contributed by atoms with E-state index in [1.54, 1.807) is 13.0 Å². The second-order valence-electron chi connectivity index (χ2n) is 3.18. The molecule has 0 atom stereocenters. The third-order valence-electron chi connectivity index (χ3n) is 1.97. The molecule has 0 bridgehead atoms. The summed E-state index contributed by atoms with van der Waals surface area (Å²) in [5.41, 5.74) is 1.00. The number of carbonyl (C=O) groups is 1. The van der Waals surface area contributed by atoms with Gasteiger partial charge in [0.05, 0.1) is 6.61 Å². The molecule has 0 fully saturated rings. The monoisotopic (exact) mass is 227 g/mol. The quantitative estimate of drug-likeness (QED) is 0.344. The summed E-state index contributed by atoms with van der Waals surface area (Å²) in [7, 11) is 0. The molecule has 17 heavy (non-hydrogen) atoms. The third kappa shape index (κ3) is 4.35. The van der Waals surface area contributed by atoms with Gasteiger partial charge in [-0.25, -0.2) is 4.79 Å². The molecular formula is C14H13NO2. The van der Waals surface area contributed by atoms with Gasteiger partial charge < -0.3 is 4.74 Å². The zero-order valence-electron chi connectivity index (χ0n) is 9.59. The van der Waals surface area contributed by atoms with Crippen molar-refractivity contribution in [3.63, 3.8) is 0 Å². The standard InChI is InChI=1S/C14H13NO2/c1-2-17-14(16)13(11-15)10-6-9-12-7-4-3-5-8-12/h3-10H,2H2,1H3/b9-6-,13-10-. The summed E-state index contributed by atoms with van der Waals surface area (Å²) in [6.07, 6.45) is 4.92. The van der Waals surface area contributed by atoms with E-state index in [0.29, 0.717) is 0 Å². The van der Waals surface area contributed by atoms with Gasteiger partial charge in [-0.3, -0.25) is 0 Å². The van der Waals surface area contributed by atoms with Gasteiger partial charge >= 0.3 is 5.97 Å². The fourth-order valence-corrected chi connectivity index (χ4v) is 1.18. The molecule has 0 aromatic heterocycles. The summed E-state index contributed by atoms with van der Waals surface area (Å²) >= 11 is 0. The van der Waals surface area contributed by atoms with Gasteiger partial charge in [0.2, 0.25) is 0 Å². The van der Waals surface area contributed by atoms with Crippen LogP contribution < -0.4 is 0 Å². The zero-order chi connectivity index (χ0) is 12.5. The van der Waals surface area contributed by atoms with Gasteiger partial charge in [0.25, 0.3) is 0 Å². The molecule has 0 saturated heterocycles. The lowest BCUT2D eigenvalue weighted by Crippen LogP contribution is -2.05. The number of nitriles is 1. The minimum atomic E-state index is -0.590. The first kappa shape index (κ1) is 12.7. The number of benzene rings is 1. The fraction of sp³-hybridized carbons (Fsp3) is 0.143. The molecule has 0 N–H and O–H groups in total. The molecule has 3 nitrogen and oxygen atoms in total. The van der Waals surface area contributed by atoms with Crippen molar-refractivity contribution in [3.05, 3.63) is 53.6 Å². The average Bonchev–Trinajstić information content (AvgIpc) is 2.36. The maximum atomic E-state index is 11.3. The lowest BCUT2D eigenvalue weighted by Gasteiger charge is -1.97. The van der Waals surface area contributed by atoms with Crippen LogP contribution in [0.25, 0.3) is 6.08 Å². The van der Waals surface area contributed by atoms with Crippen LogP contribution in [0.15, 0.2) is 48.1 Å². The van der Waals surface area contributed by atoms with Gasteiger partial charge in [0, 0.05) is 0 Å². The van der Waals surface area contributed by atoms with Gasteiger partial charge in [-0.2, -0.15) is 5.26 Å². The van der Waals surface area contributed by atoms with Crippen LogP contribution in [0.2, 0.25) is 0 Å². The summed E-state index contributed by atoms with van der Waals surface area (Å²) in [5.74, 6) is -0.590. The number of carbonyl (C=O) groups excluding carboxylic acids is 1. The molecule has 0 radical (unpaired) electrons. The van der Waals surface area contributed by atoms with Crippen LogP contribution in [-0.4, -0.2) is 12.6 Å². The Morgan fingerprint density at radius 2 is 2.12 bits per heavy atom. The van der Waals surface area contributed by atoms with Crippen LogP contribution in [0.4, 0.5) is 0 Å². The molecule has 0 heterocycles. The lowest BCUT2D eigenvalue weighted by molar-refractivity contribution is -0.138. The first-order chi connectivity index (χ1) is 8.27. The van der Waals surface area contributed by atoms with Crippen molar-refractivity contribution in [1.29, 1.82) is 5.26 Å². The number of nitrogens with zero attached hydrogens (tertiary/aromatic N) is 1. The van der Waals surface area contributed by atoms with E-state index in [1.807, 2.05) is 42.5 Å². The topological polar surface area (TPSA) is 50.1 Å². The molecule has 1 aromatic carbocycles. The van der Waals surface area contributed by atoms with Gasteiger partial charge in [0.15, 0.2) is 0 Å². The van der Waals surface area contributed by atoms with Crippen molar-refractivity contribution < 1.29 is 9.53 Å². The summed E-state index contributed by atoms with van der Waals surface area (Å²) < 4.78 is 4.73. The van der Waals surface area contributed by atoms with Crippen molar-refractivity contribution in [2.24, 2.45) is 0 Å². The van der Waals surface area contributed by atoms with Crippen molar-refractivity contribution in [2.45, 2.75) is 6.92 Å². The Kier molecular flexibility index (Phi) is 5.26. The second kappa shape index (κ2) is 7.02. The Morgan fingerprint density at radius 1 is 1.41 bits per heavy atom. The predicted molar refractivity (Wildman–Crippen MR) is 65.8 cm³/mol. The normalized spacial score (nSPS) is 11.2. The number of allylic oxidation sites excluding steroid dienone is 2. The Bertz CT molecular complexity index is 467. The molecule has 3 heteroatoms. The molecule has 1 rings (SSSR count). The van der Waals surface area contributed by atoms with Crippen LogP contribution in [0, 0.1) is 11.3 Å². The number of hydrogen-bond donors (Lipinski definition) is 0. The van der Waals surface area contributed by atoms with E-state index in [9.17, 15) is 4.79 Å². The molecular weight excluding hydrogens is 214 g/mol. The van der Waals surface area contributed by atoms with E-state index < -0.39 is 5.97 Å². The predicted octanol–water partition coefficient (Wildman–Crippen LogP) is 2.71. The molecule has 0 amide bonds. The van der Waals surface area contributed by atoms with Crippen LogP contribution >= 0.6 is 0 Å². The maximum absolute atomic E-state index is 11.3. The van der Waals surface area contributed by atoms with Crippen molar-refractivity contribution in [3.8, 4) is 6.07 Å². The fourth-order valence-electron chi connectivity index (χ4n) is 1.18. The van der Waals surface area contributed by atoms with Crippen LogP contribution in [-0.2, 0) is 9.53 Å². The summed E-state index contributed by atoms with van der Waals surface area (Å²) in [6.45, 7) is 1.97. The van der Waals surface area contributed by atoms with Gasteiger partial charge in [-0.15, -0.1) is 0 Å². The Hall–Kier alpha value is -2.34. The van der Waals surface area contributed by atoms with Gasteiger partial charge in [-0.1, -0.05) is 42.5 Å². The largest absolute Gasteiger partial charge is 0.462 e. The van der Waals surface area contributed by atoms with Crippen LogP contribution in [0.3, 0.4) is 0 Å². The smallest absolute Gasteiger partial charge is 0.348 e. The zero-order valence-corrected chi connectivity index (χ0v) is 9.59. The molecule has 86 valence electrons. The molecule has 0 aliphatic rings. The van der Waals surface area contributed by atoms with E-state index >= 15 is 0 Å². The number of hydrogen-bond acceptors (Lipinski definition) is 3. The molecule has 0 unspecified atom stereocenters. The number of esters is 1. The van der Waals surface area contributed by atoms with E-state index in [-0.39, 0.29) is 12.2 Å². The highest BCUT2D eigenvalue weighted by Gasteiger charge is 2.07. The first-order valence-electron chi connectivity index (χ1n) is 5.28.